The van der Waals surface area contributed by atoms with Crippen molar-refractivity contribution in [3.63, 3.8) is 0 Å². The molecule has 90 valence electrons. The van der Waals surface area contributed by atoms with E-state index in [4.69, 9.17) is 0 Å². The maximum Gasteiger partial charge on any atom is 0.0217 e. The van der Waals surface area contributed by atoms with Gasteiger partial charge in [0.1, 0.15) is 0 Å². The zero-order valence-corrected chi connectivity index (χ0v) is 11.4. The van der Waals surface area contributed by atoms with Gasteiger partial charge < -0.3 is 10.2 Å². The summed E-state index contributed by atoms with van der Waals surface area (Å²) >= 11 is 2.11. The van der Waals surface area contributed by atoms with Gasteiger partial charge in [-0.05, 0) is 50.4 Å². The number of hydrogen-bond donors (Lipinski definition) is 1. The Morgan fingerprint density at radius 3 is 2.60 bits per heavy atom. The van der Waals surface area contributed by atoms with Crippen LogP contribution in [0, 0.1) is 11.8 Å². The van der Waals surface area contributed by atoms with Gasteiger partial charge in [-0.2, -0.15) is 11.8 Å². The minimum Gasteiger partial charge on any atom is -0.312 e. The van der Waals surface area contributed by atoms with E-state index in [-0.39, 0.29) is 0 Å². The first-order chi connectivity index (χ1) is 7.09. The average molecular weight is 230 g/mol. The van der Waals surface area contributed by atoms with Crippen LogP contribution in [-0.2, 0) is 0 Å². The van der Waals surface area contributed by atoms with E-state index in [0.717, 1.165) is 18.4 Å². The van der Waals surface area contributed by atoms with Crippen molar-refractivity contribution in [1.82, 2.24) is 10.2 Å². The van der Waals surface area contributed by atoms with Crippen LogP contribution in [-0.4, -0.2) is 49.6 Å². The van der Waals surface area contributed by atoms with Crippen LogP contribution in [0.1, 0.15) is 20.3 Å². The lowest BCUT2D eigenvalue weighted by Crippen LogP contribution is -2.43. The second-order valence-electron chi connectivity index (χ2n) is 5.25. The van der Waals surface area contributed by atoms with E-state index in [1.54, 1.807) is 0 Å². The van der Waals surface area contributed by atoms with Gasteiger partial charge in [-0.25, -0.2) is 0 Å². The molecule has 1 fully saturated rings. The molecular formula is C12H26N2S. The van der Waals surface area contributed by atoms with Gasteiger partial charge >= 0.3 is 0 Å². The first kappa shape index (κ1) is 13.3. The second-order valence-corrected chi connectivity index (χ2v) is 6.40. The van der Waals surface area contributed by atoms with E-state index in [2.05, 4.69) is 49.9 Å². The third-order valence-corrected chi connectivity index (χ3v) is 4.29. The average Bonchev–Trinajstić information content (AvgIpc) is 2.63. The first-order valence-corrected chi connectivity index (χ1v) is 7.21. The molecule has 1 saturated heterocycles. The summed E-state index contributed by atoms with van der Waals surface area (Å²) in [6.07, 6.45) is 1.41. The normalized spacial score (nSPS) is 24.0. The smallest absolute Gasteiger partial charge is 0.0217 e. The van der Waals surface area contributed by atoms with E-state index in [9.17, 15) is 0 Å². The Hall–Kier alpha value is 0.270. The monoisotopic (exact) mass is 230 g/mol. The van der Waals surface area contributed by atoms with Crippen molar-refractivity contribution in [2.24, 2.45) is 11.8 Å². The summed E-state index contributed by atoms with van der Waals surface area (Å²) in [4.78, 5) is 2.28. The van der Waals surface area contributed by atoms with Gasteiger partial charge in [0.25, 0.3) is 0 Å². The lowest BCUT2D eigenvalue weighted by molar-refractivity contribution is 0.280. The molecule has 1 N–H and O–H groups in total. The summed E-state index contributed by atoms with van der Waals surface area (Å²) in [5.41, 5.74) is 0. The minimum absolute atomic E-state index is 0.644. The zero-order valence-electron chi connectivity index (χ0n) is 10.6. The maximum atomic E-state index is 3.74. The highest BCUT2D eigenvalue weighted by molar-refractivity contribution is 7.99. The Labute approximate surface area is 99.2 Å². The molecule has 0 amide bonds. The zero-order chi connectivity index (χ0) is 11.3. The van der Waals surface area contributed by atoms with Crippen molar-refractivity contribution in [3.05, 3.63) is 0 Å². The van der Waals surface area contributed by atoms with Gasteiger partial charge in [-0.3, -0.25) is 0 Å². The molecule has 0 radical (unpaired) electrons. The van der Waals surface area contributed by atoms with Crippen LogP contribution >= 0.6 is 11.8 Å². The van der Waals surface area contributed by atoms with Crippen molar-refractivity contribution >= 4 is 11.8 Å². The van der Waals surface area contributed by atoms with Crippen LogP contribution in [0.25, 0.3) is 0 Å². The number of hydrogen-bond acceptors (Lipinski definition) is 3. The van der Waals surface area contributed by atoms with Crippen LogP contribution in [0.3, 0.4) is 0 Å². The first-order valence-electron chi connectivity index (χ1n) is 6.05. The molecule has 0 saturated carbocycles. The topological polar surface area (TPSA) is 15.3 Å². The number of nitrogens with one attached hydrogen (secondary N) is 1. The lowest BCUT2D eigenvalue weighted by atomic mass is 10.0. The highest BCUT2D eigenvalue weighted by Gasteiger charge is 2.19. The van der Waals surface area contributed by atoms with Crippen LogP contribution in [0.4, 0.5) is 0 Å². The fourth-order valence-electron chi connectivity index (χ4n) is 1.97. The van der Waals surface area contributed by atoms with Gasteiger partial charge in [-0.1, -0.05) is 13.8 Å². The fourth-order valence-corrected chi connectivity index (χ4v) is 3.25. The van der Waals surface area contributed by atoms with Gasteiger partial charge in [-0.15, -0.1) is 0 Å². The molecule has 2 unspecified atom stereocenters. The maximum absolute atomic E-state index is 3.74. The molecule has 1 aliphatic rings. The van der Waals surface area contributed by atoms with Gasteiger partial charge in [0, 0.05) is 12.6 Å². The molecule has 1 heterocycles. The predicted molar refractivity (Wildman–Crippen MR) is 70.6 cm³/mol. The van der Waals surface area contributed by atoms with Gasteiger partial charge in [0.05, 0.1) is 0 Å². The summed E-state index contributed by atoms with van der Waals surface area (Å²) < 4.78 is 0. The fraction of sp³-hybridized carbons (Fsp3) is 1.00. The Bertz CT molecular complexity index is 165. The molecule has 0 aromatic rings. The Morgan fingerprint density at radius 1 is 1.40 bits per heavy atom. The standard InChI is InChI=1S/C12H26N2S/c1-10(2)12(8-14(3)4)13-7-11-5-6-15-9-11/h10-13H,5-9H2,1-4H3. The van der Waals surface area contributed by atoms with E-state index >= 15 is 0 Å². The lowest BCUT2D eigenvalue weighted by Gasteiger charge is -2.27. The van der Waals surface area contributed by atoms with Crippen LogP contribution < -0.4 is 5.32 Å². The third kappa shape index (κ3) is 5.23. The molecule has 1 rings (SSSR count). The third-order valence-electron chi connectivity index (χ3n) is 3.06. The van der Waals surface area contributed by atoms with Crippen LogP contribution in [0.5, 0.6) is 0 Å². The molecule has 2 atom stereocenters. The number of nitrogens with zero attached hydrogens (tertiary/aromatic N) is 1. The summed E-state index contributed by atoms with van der Waals surface area (Å²) in [6.45, 7) is 6.98. The summed E-state index contributed by atoms with van der Waals surface area (Å²) in [5, 5.41) is 3.74. The molecular weight excluding hydrogens is 204 g/mol. The summed E-state index contributed by atoms with van der Waals surface area (Å²) in [7, 11) is 4.31. The van der Waals surface area contributed by atoms with Crippen LogP contribution in [0.15, 0.2) is 0 Å². The summed E-state index contributed by atoms with van der Waals surface area (Å²) in [6, 6.07) is 0.644. The van der Waals surface area contributed by atoms with Crippen molar-refractivity contribution in [1.29, 1.82) is 0 Å². The van der Waals surface area contributed by atoms with Gasteiger partial charge in [0.15, 0.2) is 0 Å². The molecule has 2 nitrogen and oxygen atoms in total. The molecule has 0 aliphatic carbocycles. The molecule has 0 bridgehead atoms. The van der Waals surface area contributed by atoms with E-state index in [0.29, 0.717) is 6.04 Å². The molecule has 3 heteroatoms. The van der Waals surface area contributed by atoms with E-state index in [1.807, 2.05) is 0 Å². The largest absolute Gasteiger partial charge is 0.312 e. The molecule has 0 spiro atoms. The molecule has 1 aliphatic heterocycles. The molecule has 15 heavy (non-hydrogen) atoms. The SMILES string of the molecule is CC(C)C(CN(C)C)NCC1CCSC1. The Kier molecular flexibility index (Phi) is 6.02. The Morgan fingerprint density at radius 2 is 2.13 bits per heavy atom. The van der Waals surface area contributed by atoms with Crippen LogP contribution in [0.2, 0.25) is 0 Å². The molecule has 0 aromatic carbocycles. The Balaban J connectivity index is 2.24. The minimum atomic E-state index is 0.644. The van der Waals surface area contributed by atoms with E-state index < -0.39 is 0 Å². The van der Waals surface area contributed by atoms with Crippen molar-refractivity contribution < 1.29 is 0 Å². The van der Waals surface area contributed by atoms with Crippen molar-refractivity contribution in [2.75, 3.05) is 38.7 Å². The quantitative estimate of drug-likeness (QED) is 0.750. The number of thioether (sulfide) groups is 1. The highest BCUT2D eigenvalue weighted by Crippen LogP contribution is 2.22. The van der Waals surface area contributed by atoms with E-state index in [1.165, 1.54) is 24.5 Å². The molecule has 0 aromatic heterocycles. The highest BCUT2D eigenvalue weighted by atomic mass is 32.2. The predicted octanol–water partition coefficient (Wildman–Crippen LogP) is 1.92. The second kappa shape index (κ2) is 6.77. The number of rotatable bonds is 6. The van der Waals surface area contributed by atoms with Gasteiger partial charge in [0.2, 0.25) is 0 Å². The van der Waals surface area contributed by atoms with Crippen molar-refractivity contribution in [3.8, 4) is 0 Å². The number of likely N-dealkylation sites (N-methyl/N-ethyl adjacent to an activating group) is 1. The van der Waals surface area contributed by atoms with Crippen molar-refractivity contribution in [2.45, 2.75) is 26.3 Å². The summed E-state index contributed by atoms with van der Waals surface area (Å²) in [5.74, 6) is 4.37.